The van der Waals surface area contributed by atoms with Crippen molar-refractivity contribution < 1.29 is 4.79 Å². The minimum absolute atomic E-state index is 0.00172. The van der Waals surface area contributed by atoms with Gasteiger partial charge in [-0.3, -0.25) is 9.69 Å². The number of piperidine rings is 1. The molecule has 3 aromatic rings. The molecule has 5 rings (SSSR count). The summed E-state index contributed by atoms with van der Waals surface area (Å²) in [6.45, 7) is 7.87. The number of rotatable bonds is 4. The number of benzene rings is 2. The first kappa shape index (κ1) is 17.3. The van der Waals surface area contributed by atoms with E-state index in [1.165, 1.54) is 43.3 Å². The number of carbonyl (C=O) groups excluding carboxylic acids is 1. The third-order valence-corrected chi connectivity index (χ3v) is 6.05. The predicted molar refractivity (Wildman–Crippen MR) is 114 cm³/mol. The molecule has 2 aromatic carbocycles. The standard InChI is InChI=1S/C24H25N3O/c1-2-17-7-8-19(23-20(17)14-25-24(23)28)22-13-18-12-16(6-9-21(18)26-22)15-27-10-4-3-5-11-27/h2,6-9,12-13,26H,1,3-5,10-11,14-15H2,(H,25,28). The summed E-state index contributed by atoms with van der Waals surface area (Å²) in [4.78, 5) is 18.5. The van der Waals surface area contributed by atoms with Gasteiger partial charge in [0, 0.05) is 35.2 Å². The van der Waals surface area contributed by atoms with Crippen molar-refractivity contribution in [2.75, 3.05) is 13.1 Å². The van der Waals surface area contributed by atoms with Crippen LogP contribution >= 0.6 is 0 Å². The summed E-state index contributed by atoms with van der Waals surface area (Å²) >= 11 is 0. The van der Waals surface area contributed by atoms with E-state index in [1.807, 2.05) is 12.1 Å². The van der Waals surface area contributed by atoms with Crippen LogP contribution in [0.1, 0.15) is 46.3 Å². The normalized spacial score (nSPS) is 16.9. The van der Waals surface area contributed by atoms with E-state index >= 15 is 0 Å². The Morgan fingerprint density at radius 3 is 2.75 bits per heavy atom. The lowest BCUT2D eigenvalue weighted by Gasteiger charge is -2.26. The van der Waals surface area contributed by atoms with Crippen molar-refractivity contribution in [1.82, 2.24) is 15.2 Å². The van der Waals surface area contributed by atoms with Gasteiger partial charge in [-0.15, -0.1) is 0 Å². The molecule has 3 heterocycles. The van der Waals surface area contributed by atoms with Crippen LogP contribution in [0.3, 0.4) is 0 Å². The molecule has 28 heavy (non-hydrogen) atoms. The van der Waals surface area contributed by atoms with Gasteiger partial charge in [0.05, 0.1) is 5.56 Å². The van der Waals surface area contributed by atoms with E-state index in [0.29, 0.717) is 6.54 Å². The number of likely N-dealkylation sites (tertiary alicyclic amines) is 1. The van der Waals surface area contributed by atoms with Crippen LogP contribution in [-0.2, 0) is 13.1 Å². The Kier molecular flexibility index (Phi) is 4.29. The molecule has 1 amide bonds. The first-order chi connectivity index (χ1) is 13.7. The highest BCUT2D eigenvalue weighted by atomic mass is 16.1. The molecule has 0 saturated carbocycles. The smallest absolute Gasteiger partial charge is 0.252 e. The second-order valence-corrected chi connectivity index (χ2v) is 7.88. The molecule has 2 aliphatic rings. The average Bonchev–Trinajstić information content (AvgIpc) is 3.32. The van der Waals surface area contributed by atoms with E-state index in [2.05, 4.69) is 52.1 Å². The Balaban J connectivity index is 1.51. The molecule has 0 radical (unpaired) electrons. The van der Waals surface area contributed by atoms with Crippen molar-refractivity contribution in [2.45, 2.75) is 32.4 Å². The van der Waals surface area contributed by atoms with Crippen molar-refractivity contribution in [3.8, 4) is 11.3 Å². The monoisotopic (exact) mass is 371 g/mol. The second kappa shape index (κ2) is 6.95. The van der Waals surface area contributed by atoms with Crippen molar-refractivity contribution >= 4 is 22.9 Å². The SMILES string of the molecule is C=Cc1ccc(-c2cc3cc(CN4CCCCC4)ccc3[nH]2)c2c1CNC2=O. The lowest BCUT2D eigenvalue weighted by Crippen LogP contribution is -2.28. The third-order valence-electron chi connectivity index (χ3n) is 6.05. The molecule has 0 aliphatic carbocycles. The molecule has 2 aliphatic heterocycles. The summed E-state index contributed by atoms with van der Waals surface area (Å²) in [6, 6.07) is 12.9. The molecule has 4 heteroatoms. The maximum Gasteiger partial charge on any atom is 0.252 e. The average molecular weight is 371 g/mol. The summed E-state index contributed by atoms with van der Waals surface area (Å²) in [5.41, 5.74) is 7.26. The van der Waals surface area contributed by atoms with Crippen molar-refractivity contribution in [3.05, 3.63) is 65.2 Å². The molecule has 142 valence electrons. The first-order valence-electron chi connectivity index (χ1n) is 10.1. The zero-order valence-electron chi connectivity index (χ0n) is 16.1. The van der Waals surface area contributed by atoms with Gasteiger partial charge in [-0.05, 0) is 60.8 Å². The Labute approximate surface area is 165 Å². The molecule has 2 N–H and O–H groups in total. The number of fused-ring (bicyclic) bond motifs is 2. The van der Waals surface area contributed by atoms with Crippen LogP contribution in [0.4, 0.5) is 0 Å². The number of nitrogens with one attached hydrogen (secondary N) is 2. The van der Waals surface area contributed by atoms with Crippen LogP contribution in [0, 0.1) is 0 Å². The molecule has 1 aromatic heterocycles. The van der Waals surface area contributed by atoms with E-state index in [1.54, 1.807) is 0 Å². The molecule has 0 atom stereocenters. The van der Waals surface area contributed by atoms with E-state index in [0.717, 1.165) is 40.0 Å². The maximum absolute atomic E-state index is 12.5. The summed E-state index contributed by atoms with van der Waals surface area (Å²) in [5.74, 6) is -0.00172. The third kappa shape index (κ3) is 2.94. The van der Waals surface area contributed by atoms with Crippen molar-refractivity contribution in [3.63, 3.8) is 0 Å². The molecule has 0 bridgehead atoms. The number of hydrogen-bond donors (Lipinski definition) is 2. The van der Waals surface area contributed by atoms with Crippen LogP contribution in [0.2, 0.25) is 0 Å². The van der Waals surface area contributed by atoms with Crippen LogP contribution in [0.25, 0.3) is 28.2 Å². The second-order valence-electron chi connectivity index (χ2n) is 7.88. The number of amides is 1. The van der Waals surface area contributed by atoms with Crippen LogP contribution in [0.5, 0.6) is 0 Å². The van der Waals surface area contributed by atoms with Gasteiger partial charge in [-0.25, -0.2) is 0 Å². The lowest BCUT2D eigenvalue weighted by atomic mass is 9.96. The van der Waals surface area contributed by atoms with Gasteiger partial charge < -0.3 is 10.3 Å². The highest BCUT2D eigenvalue weighted by Crippen LogP contribution is 2.33. The van der Waals surface area contributed by atoms with Crippen LogP contribution in [0.15, 0.2) is 43.0 Å². The van der Waals surface area contributed by atoms with Crippen LogP contribution in [-0.4, -0.2) is 28.9 Å². The first-order valence-corrected chi connectivity index (χ1v) is 10.1. The van der Waals surface area contributed by atoms with E-state index in [-0.39, 0.29) is 5.91 Å². The molecule has 0 unspecified atom stereocenters. The fourth-order valence-corrected chi connectivity index (χ4v) is 4.59. The molecule has 1 saturated heterocycles. The highest BCUT2D eigenvalue weighted by Gasteiger charge is 2.25. The largest absolute Gasteiger partial charge is 0.355 e. The van der Waals surface area contributed by atoms with Gasteiger partial charge in [0.2, 0.25) is 0 Å². The van der Waals surface area contributed by atoms with Gasteiger partial charge in [0.15, 0.2) is 0 Å². The van der Waals surface area contributed by atoms with E-state index in [9.17, 15) is 4.79 Å². The van der Waals surface area contributed by atoms with Gasteiger partial charge in [0.25, 0.3) is 5.91 Å². The van der Waals surface area contributed by atoms with Gasteiger partial charge in [0.1, 0.15) is 0 Å². The maximum atomic E-state index is 12.5. The molecule has 4 nitrogen and oxygen atoms in total. The number of H-pyrrole nitrogens is 1. The zero-order valence-corrected chi connectivity index (χ0v) is 16.1. The van der Waals surface area contributed by atoms with Gasteiger partial charge >= 0.3 is 0 Å². The number of aromatic nitrogens is 1. The van der Waals surface area contributed by atoms with E-state index < -0.39 is 0 Å². The number of carbonyl (C=O) groups is 1. The summed E-state index contributed by atoms with van der Waals surface area (Å²) in [5, 5.41) is 4.15. The summed E-state index contributed by atoms with van der Waals surface area (Å²) in [7, 11) is 0. The van der Waals surface area contributed by atoms with Crippen molar-refractivity contribution in [1.29, 1.82) is 0 Å². The Morgan fingerprint density at radius 1 is 1.07 bits per heavy atom. The minimum Gasteiger partial charge on any atom is -0.355 e. The van der Waals surface area contributed by atoms with Gasteiger partial charge in [-0.2, -0.15) is 0 Å². The number of aromatic amines is 1. The Morgan fingerprint density at radius 2 is 1.93 bits per heavy atom. The molecule has 0 spiro atoms. The highest BCUT2D eigenvalue weighted by molar-refractivity contribution is 6.06. The topological polar surface area (TPSA) is 48.1 Å². The van der Waals surface area contributed by atoms with E-state index in [4.69, 9.17) is 0 Å². The van der Waals surface area contributed by atoms with Crippen molar-refractivity contribution in [2.24, 2.45) is 0 Å². The number of hydrogen-bond acceptors (Lipinski definition) is 2. The fraction of sp³-hybridized carbons (Fsp3) is 0.292. The summed E-state index contributed by atoms with van der Waals surface area (Å²) in [6.07, 6.45) is 5.80. The predicted octanol–water partition coefficient (Wildman–Crippen LogP) is 4.71. The minimum atomic E-state index is -0.00172. The molecular formula is C24H25N3O. The fourth-order valence-electron chi connectivity index (χ4n) is 4.59. The van der Waals surface area contributed by atoms with Crippen LogP contribution < -0.4 is 5.32 Å². The lowest BCUT2D eigenvalue weighted by molar-refractivity contribution is 0.0966. The Hall–Kier alpha value is -2.85. The summed E-state index contributed by atoms with van der Waals surface area (Å²) < 4.78 is 0. The quantitative estimate of drug-likeness (QED) is 0.698. The zero-order chi connectivity index (χ0) is 19.1. The molecule has 1 fully saturated rings. The number of nitrogens with zero attached hydrogens (tertiary/aromatic N) is 1. The molecular weight excluding hydrogens is 346 g/mol. The Bertz CT molecular complexity index is 1070. The van der Waals surface area contributed by atoms with Gasteiger partial charge in [-0.1, -0.05) is 37.3 Å².